The van der Waals surface area contributed by atoms with Gasteiger partial charge in [0.1, 0.15) is 23.1 Å². The number of aromatic nitrogens is 1. The molecule has 0 bridgehead atoms. The number of thiazole rings is 1. The number of anilines is 2. The monoisotopic (exact) mass is 383 g/mol. The van der Waals surface area contributed by atoms with Gasteiger partial charge >= 0.3 is 0 Å². The molecule has 0 fully saturated rings. The van der Waals surface area contributed by atoms with Gasteiger partial charge in [-0.05, 0) is 45.0 Å². The first-order valence-corrected chi connectivity index (χ1v) is 9.69. The van der Waals surface area contributed by atoms with E-state index in [2.05, 4.69) is 24.4 Å². The van der Waals surface area contributed by atoms with Crippen LogP contribution in [0.15, 0.2) is 30.3 Å². The van der Waals surface area contributed by atoms with Crippen molar-refractivity contribution in [3.8, 4) is 11.5 Å². The summed E-state index contributed by atoms with van der Waals surface area (Å²) in [6.45, 7) is 5.96. The van der Waals surface area contributed by atoms with Crippen LogP contribution in [0.4, 0.5) is 10.8 Å². The number of nitrogens with two attached hydrogens (primary N) is 1. The molecule has 1 amide bonds. The molecule has 0 saturated carbocycles. The zero-order chi connectivity index (χ0) is 19.1. The Morgan fingerprint density at radius 1 is 1.37 bits per heavy atom. The van der Waals surface area contributed by atoms with Crippen molar-refractivity contribution in [2.75, 3.05) is 5.32 Å². The van der Waals surface area contributed by atoms with Crippen molar-refractivity contribution in [3.63, 3.8) is 0 Å². The average Bonchev–Trinajstić information content (AvgIpc) is 3.17. The maximum atomic E-state index is 11.6. The van der Waals surface area contributed by atoms with Crippen LogP contribution in [0.1, 0.15) is 36.7 Å². The highest BCUT2D eigenvalue weighted by Crippen LogP contribution is 2.41. The van der Waals surface area contributed by atoms with E-state index < -0.39 is 5.91 Å². The molecule has 1 unspecified atom stereocenters. The van der Waals surface area contributed by atoms with Crippen LogP contribution in [0.25, 0.3) is 10.2 Å². The summed E-state index contributed by atoms with van der Waals surface area (Å²) in [5.74, 6) is 1.02. The van der Waals surface area contributed by atoms with Gasteiger partial charge in [0, 0.05) is 17.5 Å². The van der Waals surface area contributed by atoms with Gasteiger partial charge in [0.25, 0.3) is 0 Å². The summed E-state index contributed by atoms with van der Waals surface area (Å²) < 4.78 is 12.8. The summed E-state index contributed by atoms with van der Waals surface area (Å²) in [7, 11) is 0. The van der Waals surface area contributed by atoms with E-state index in [1.807, 2.05) is 13.8 Å². The summed E-state index contributed by atoms with van der Waals surface area (Å²) in [5.41, 5.74) is 8.54. The number of carbonyl (C=O) groups excluding carboxylic acids is 1. The van der Waals surface area contributed by atoms with E-state index in [4.69, 9.17) is 20.2 Å². The van der Waals surface area contributed by atoms with Crippen LogP contribution in [0.2, 0.25) is 0 Å². The average molecular weight is 383 g/mol. The first-order chi connectivity index (χ1) is 12.9. The molecule has 3 aromatic rings. The number of amides is 1. The molecule has 1 aliphatic heterocycles. The van der Waals surface area contributed by atoms with E-state index in [0.29, 0.717) is 22.1 Å². The number of fused-ring (bicyclic) bond motifs is 3. The Hall–Kier alpha value is -2.80. The fourth-order valence-corrected chi connectivity index (χ4v) is 4.04. The van der Waals surface area contributed by atoms with Crippen molar-refractivity contribution < 1.29 is 14.3 Å². The highest BCUT2D eigenvalue weighted by atomic mass is 32.1. The summed E-state index contributed by atoms with van der Waals surface area (Å²) in [6.07, 6.45) is 1.07. The lowest BCUT2D eigenvalue weighted by molar-refractivity contribution is 0.100. The second-order valence-electron chi connectivity index (χ2n) is 6.92. The predicted molar refractivity (Wildman–Crippen MR) is 107 cm³/mol. The number of primary amides is 1. The fourth-order valence-electron chi connectivity index (χ4n) is 3.16. The van der Waals surface area contributed by atoms with Crippen LogP contribution in [-0.2, 0) is 6.42 Å². The van der Waals surface area contributed by atoms with E-state index >= 15 is 0 Å². The zero-order valence-corrected chi connectivity index (χ0v) is 16.2. The number of carbonyl (C=O) groups is 1. The van der Waals surface area contributed by atoms with Crippen LogP contribution < -0.4 is 20.5 Å². The maximum Gasteiger partial charge on any atom is 0.248 e. The lowest BCUT2D eigenvalue weighted by Gasteiger charge is -2.15. The van der Waals surface area contributed by atoms with E-state index in [-0.39, 0.29) is 12.2 Å². The third kappa shape index (κ3) is 3.42. The third-order valence-electron chi connectivity index (χ3n) is 4.29. The minimum absolute atomic E-state index is 0.00139. The standard InChI is InChI=1S/C20H21N3O3S/c1-10(2)25-15-6-4-13(19(21)24)9-14(15)22-20-23-17-16(27-20)7-5-12-8-11(3)26-18(12)17/h4-7,9-11H,8H2,1-3H3,(H2,21,24)(H,22,23). The van der Waals surface area contributed by atoms with E-state index in [1.165, 1.54) is 16.9 Å². The second kappa shape index (κ2) is 6.74. The largest absolute Gasteiger partial charge is 0.489 e. The highest BCUT2D eigenvalue weighted by molar-refractivity contribution is 7.22. The summed E-state index contributed by atoms with van der Waals surface area (Å²) in [6, 6.07) is 9.27. The van der Waals surface area contributed by atoms with Gasteiger partial charge < -0.3 is 20.5 Å². The molecule has 1 atom stereocenters. The van der Waals surface area contributed by atoms with Crippen molar-refractivity contribution in [3.05, 3.63) is 41.5 Å². The molecular weight excluding hydrogens is 362 g/mol. The first kappa shape index (κ1) is 17.6. The van der Waals surface area contributed by atoms with Gasteiger partial charge in [-0.25, -0.2) is 4.98 Å². The molecule has 27 heavy (non-hydrogen) atoms. The smallest absolute Gasteiger partial charge is 0.248 e. The van der Waals surface area contributed by atoms with E-state index in [9.17, 15) is 4.79 Å². The Bertz CT molecular complexity index is 1030. The van der Waals surface area contributed by atoms with Crippen molar-refractivity contribution >= 4 is 38.3 Å². The lowest BCUT2D eigenvalue weighted by Crippen LogP contribution is -2.12. The molecule has 0 saturated heterocycles. The number of nitrogens with zero attached hydrogens (tertiary/aromatic N) is 1. The second-order valence-corrected chi connectivity index (χ2v) is 7.95. The molecule has 140 valence electrons. The number of rotatable bonds is 5. The number of hydrogen-bond donors (Lipinski definition) is 2. The molecule has 7 heteroatoms. The number of nitrogens with one attached hydrogen (secondary N) is 1. The summed E-state index contributed by atoms with van der Waals surface area (Å²) >= 11 is 1.53. The first-order valence-electron chi connectivity index (χ1n) is 8.87. The molecule has 1 aromatic heterocycles. The molecule has 2 heterocycles. The topological polar surface area (TPSA) is 86.5 Å². The fraction of sp³-hybridized carbons (Fsp3) is 0.300. The molecule has 3 N–H and O–H groups in total. The minimum atomic E-state index is -0.487. The summed E-state index contributed by atoms with van der Waals surface area (Å²) in [4.78, 5) is 16.3. The minimum Gasteiger partial charge on any atom is -0.489 e. The van der Waals surface area contributed by atoms with Crippen LogP contribution in [-0.4, -0.2) is 23.1 Å². The molecule has 0 radical (unpaired) electrons. The highest BCUT2D eigenvalue weighted by Gasteiger charge is 2.23. The van der Waals surface area contributed by atoms with Gasteiger partial charge in [0.15, 0.2) is 5.13 Å². The molecule has 2 aromatic carbocycles. The van der Waals surface area contributed by atoms with Crippen LogP contribution in [0.5, 0.6) is 11.5 Å². The molecule has 4 rings (SSSR count). The predicted octanol–water partition coefficient (Wildman–Crippen LogP) is 4.25. The molecule has 0 aliphatic carbocycles. The van der Waals surface area contributed by atoms with Gasteiger partial charge in [-0.3, -0.25) is 4.79 Å². The molecule has 6 nitrogen and oxygen atoms in total. The van der Waals surface area contributed by atoms with Crippen LogP contribution >= 0.6 is 11.3 Å². The van der Waals surface area contributed by atoms with Gasteiger partial charge in [-0.2, -0.15) is 0 Å². The molecule has 0 spiro atoms. The quantitative estimate of drug-likeness (QED) is 0.688. The normalized spacial score (nSPS) is 15.6. The Morgan fingerprint density at radius 3 is 2.93 bits per heavy atom. The van der Waals surface area contributed by atoms with Crippen molar-refractivity contribution in [2.45, 2.75) is 39.4 Å². The van der Waals surface area contributed by atoms with Gasteiger partial charge in [0.2, 0.25) is 5.91 Å². The maximum absolute atomic E-state index is 11.6. The van der Waals surface area contributed by atoms with Crippen LogP contribution in [0, 0.1) is 0 Å². The molecular formula is C20H21N3O3S. The number of benzene rings is 2. The van der Waals surface area contributed by atoms with Gasteiger partial charge in [0.05, 0.1) is 16.5 Å². The van der Waals surface area contributed by atoms with Crippen molar-refractivity contribution in [2.24, 2.45) is 5.73 Å². The Labute approximate surface area is 161 Å². The Kier molecular flexibility index (Phi) is 4.39. The van der Waals surface area contributed by atoms with Crippen molar-refractivity contribution in [1.29, 1.82) is 0 Å². The molecule has 1 aliphatic rings. The number of hydrogen-bond acceptors (Lipinski definition) is 6. The zero-order valence-electron chi connectivity index (χ0n) is 15.4. The Balaban J connectivity index is 1.72. The number of ether oxygens (including phenoxy) is 2. The lowest BCUT2D eigenvalue weighted by atomic mass is 10.1. The third-order valence-corrected chi connectivity index (χ3v) is 5.23. The van der Waals surface area contributed by atoms with Gasteiger partial charge in [-0.1, -0.05) is 17.4 Å². The van der Waals surface area contributed by atoms with E-state index in [1.54, 1.807) is 18.2 Å². The summed E-state index contributed by atoms with van der Waals surface area (Å²) in [5, 5.41) is 3.99. The van der Waals surface area contributed by atoms with Crippen LogP contribution in [0.3, 0.4) is 0 Å². The van der Waals surface area contributed by atoms with Gasteiger partial charge in [-0.15, -0.1) is 0 Å². The Morgan fingerprint density at radius 2 is 2.19 bits per heavy atom. The van der Waals surface area contributed by atoms with Crippen molar-refractivity contribution in [1.82, 2.24) is 4.98 Å². The van der Waals surface area contributed by atoms with E-state index in [0.717, 1.165) is 22.4 Å². The SMILES string of the molecule is CC(C)Oc1ccc(C(N)=O)cc1Nc1nc2c3c(ccc2s1)CC(C)O3.